The van der Waals surface area contributed by atoms with Crippen molar-refractivity contribution in [2.75, 3.05) is 13.1 Å². The first-order valence-corrected chi connectivity index (χ1v) is 7.87. The van der Waals surface area contributed by atoms with Gasteiger partial charge in [-0.3, -0.25) is 0 Å². The van der Waals surface area contributed by atoms with E-state index < -0.39 is 15.8 Å². The van der Waals surface area contributed by atoms with E-state index in [2.05, 4.69) is 15.9 Å². The molecule has 4 nitrogen and oxygen atoms in total. The number of rotatable bonds is 3. The van der Waals surface area contributed by atoms with Gasteiger partial charge in [-0.15, -0.1) is 0 Å². The maximum Gasteiger partial charge on any atom is 0.246 e. The molecular weight excluding hydrogens is 323 g/mol. The molecule has 1 aliphatic heterocycles. The van der Waals surface area contributed by atoms with Crippen LogP contribution < -0.4 is 5.73 Å². The van der Waals surface area contributed by atoms with Gasteiger partial charge in [0.1, 0.15) is 10.7 Å². The van der Waals surface area contributed by atoms with E-state index in [1.54, 1.807) is 0 Å². The number of nitrogens with two attached hydrogens (primary N) is 1. The normalized spacial score (nSPS) is 21.4. The zero-order chi connectivity index (χ0) is 13.3. The van der Waals surface area contributed by atoms with Crippen LogP contribution >= 0.6 is 15.9 Å². The summed E-state index contributed by atoms with van der Waals surface area (Å²) >= 11 is 3.16. The third kappa shape index (κ3) is 2.45. The number of nitrogens with zero attached hydrogens (tertiary/aromatic N) is 1. The highest BCUT2D eigenvalue weighted by Crippen LogP contribution is 2.28. The molecular formula is C11H14BrFN2O2S. The lowest BCUT2D eigenvalue weighted by molar-refractivity contribution is 0.390. The number of halogens is 2. The maximum atomic E-state index is 13.7. The van der Waals surface area contributed by atoms with Crippen molar-refractivity contribution < 1.29 is 12.8 Å². The summed E-state index contributed by atoms with van der Waals surface area (Å²) in [6.07, 6.45) is 1.49. The van der Waals surface area contributed by atoms with Crippen LogP contribution in [0.3, 0.4) is 0 Å². The van der Waals surface area contributed by atoms with Crippen LogP contribution in [-0.2, 0) is 10.0 Å². The van der Waals surface area contributed by atoms with E-state index in [1.165, 1.54) is 16.4 Å². The number of sulfonamides is 1. The van der Waals surface area contributed by atoms with Crippen molar-refractivity contribution in [3.8, 4) is 0 Å². The third-order valence-electron chi connectivity index (χ3n) is 3.08. The Bertz CT molecular complexity index is 550. The molecule has 0 unspecified atom stereocenters. The van der Waals surface area contributed by atoms with E-state index in [-0.39, 0.29) is 17.5 Å². The highest BCUT2D eigenvalue weighted by molar-refractivity contribution is 9.10. The van der Waals surface area contributed by atoms with Gasteiger partial charge < -0.3 is 5.73 Å². The number of hydrogen-bond acceptors (Lipinski definition) is 3. The van der Waals surface area contributed by atoms with E-state index >= 15 is 0 Å². The van der Waals surface area contributed by atoms with Crippen molar-refractivity contribution in [3.63, 3.8) is 0 Å². The average molecular weight is 337 g/mol. The van der Waals surface area contributed by atoms with Crippen LogP contribution in [0.2, 0.25) is 0 Å². The predicted molar refractivity (Wildman–Crippen MR) is 70.1 cm³/mol. The lowest BCUT2D eigenvalue weighted by Gasteiger charge is -2.23. The Labute approximate surface area is 114 Å². The molecule has 0 aromatic heterocycles. The molecule has 1 atom stereocenters. The largest absolute Gasteiger partial charge is 0.329 e. The van der Waals surface area contributed by atoms with E-state index in [9.17, 15) is 12.8 Å². The van der Waals surface area contributed by atoms with Crippen molar-refractivity contribution in [2.24, 2.45) is 5.73 Å². The van der Waals surface area contributed by atoms with Crippen molar-refractivity contribution in [2.45, 2.75) is 23.8 Å². The first-order valence-electron chi connectivity index (χ1n) is 5.64. The molecule has 0 saturated carbocycles. The molecule has 0 amide bonds. The van der Waals surface area contributed by atoms with Crippen LogP contribution in [0.1, 0.15) is 12.8 Å². The Morgan fingerprint density at radius 1 is 1.50 bits per heavy atom. The second-order valence-corrected chi connectivity index (χ2v) is 7.00. The molecule has 18 heavy (non-hydrogen) atoms. The van der Waals surface area contributed by atoms with E-state index in [1.807, 2.05) is 0 Å². The van der Waals surface area contributed by atoms with Gasteiger partial charge in [-0.25, -0.2) is 12.8 Å². The number of benzene rings is 1. The highest BCUT2D eigenvalue weighted by atomic mass is 79.9. The fourth-order valence-electron chi connectivity index (χ4n) is 2.16. The molecule has 1 saturated heterocycles. The highest BCUT2D eigenvalue weighted by Gasteiger charge is 2.35. The van der Waals surface area contributed by atoms with Gasteiger partial charge in [-0.1, -0.05) is 15.9 Å². The molecule has 1 heterocycles. The first-order chi connectivity index (χ1) is 8.46. The molecule has 2 N–H and O–H groups in total. The summed E-state index contributed by atoms with van der Waals surface area (Å²) in [5.74, 6) is -0.735. The van der Waals surface area contributed by atoms with E-state index in [0.29, 0.717) is 11.0 Å². The molecule has 1 fully saturated rings. The second kappa shape index (κ2) is 5.24. The standard InChI is InChI=1S/C11H14BrFN2O2S/c12-8-3-4-10(13)11(6-8)18(16,17)15-5-1-2-9(15)7-14/h3-4,6,9H,1-2,5,7,14H2/t9-/m1/s1. The van der Waals surface area contributed by atoms with Crippen molar-refractivity contribution in [1.82, 2.24) is 4.31 Å². The Morgan fingerprint density at radius 3 is 2.89 bits per heavy atom. The molecule has 0 bridgehead atoms. The summed E-state index contributed by atoms with van der Waals surface area (Å²) in [5.41, 5.74) is 5.56. The van der Waals surface area contributed by atoms with Gasteiger partial charge in [0.15, 0.2) is 0 Å². The summed E-state index contributed by atoms with van der Waals surface area (Å²) in [6.45, 7) is 0.658. The van der Waals surface area contributed by atoms with Crippen molar-refractivity contribution >= 4 is 26.0 Å². The maximum absolute atomic E-state index is 13.7. The molecule has 100 valence electrons. The minimum atomic E-state index is -3.80. The monoisotopic (exact) mass is 336 g/mol. The lowest BCUT2D eigenvalue weighted by Crippen LogP contribution is -2.40. The molecule has 0 radical (unpaired) electrons. The van der Waals surface area contributed by atoms with Gasteiger partial charge >= 0.3 is 0 Å². The van der Waals surface area contributed by atoms with Gasteiger partial charge in [0, 0.05) is 23.6 Å². The quantitative estimate of drug-likeness (QED) is 0.913. The van der Waals surface area contributed by atoms with Crippen LogP contribution in [-0.4, -0.2) is 31.9 Å². The summed E-state index contributed by atoms with van der Waals surface area (Å²) in [7, 11) is -3.80. The van der Waals surface area contributed by atoms with Crippen molar-refractivity contribution in [3.05, 3.63) is 28.5 Å². The summed E-state index contributed by atoms with van der Waals surface area (Å²) in [6, 6.07) is 3.67. The van der Waals surface area contributed by atoms with E-state index in [0.717, 1.165) is 18.9 Å². The zero-order valence-corrected chi connectivity index (χ0v) is 12.0. The summed E-state index contributed by atoms with van der Waals surface area (Å²) in [5, 5.41) is 0. The average Bonchev–Trinajstić information content (AvgIpc) is 2.81. The summed E-state index contributed by atoms with van der Waals surface area (Å²) < 4.78 is 40.3. The Kier molecular flexibility index (Phi) is 4.05. The summed E-state index contributed by atoms with van der Waals surface area (Å²) in [4.78, 5) is -0.294. The van der Waals surface area contributed by atoms with Gasteiger partial charge in [-0.2, -0.15) is 4.31 Å². The fourth-order valence-corrected chi connectivity index (χ4v) is 4.47. The van der Waals surface area contributed by atoms with Crippen LogP contribution in [0.15, 0.2) is 27.6 Å². The minimum absolute atomic E-state index is 0.228. The topological polar surface area (TPSA) is 63.4 Å². The van der Waals surface area contributed by atoms with E-state index in [4.69, 9.17) is 5.73 Å². The van der Waals surface area contributed by atoms with Crippen LogP contribution in [0, 0.1) is 5.82 Å². The van der Waals surface area contributed by atoms with Crippen molar-refractivity contribution in [1.29, 1.82) is 0 Å². The molecule has 1 aliphatic rings. The van der Waals surface area contributed by atoms with Gasteiger partial charge in [0.05, 0.1) is 0 Å². The number of hydrogen-bond donors (Lipinski definition) is 1. The molecule has 0 spiro atoms. The van der Waals surface area contributed by atoms with Gasteiger partial charge in [-0.05, 0) is 31.0 Å². The predicted octanol–water partition coefficient (Wildman–Crippen LogP) is 1.70. The van der Waals surface area contributed by atoms with Gasteiger partial charge in [0.2, 0.25) is 10.0 Å². The van der Waals surface area contributed by atoms with Crippen LogP contribution in [0.4, 0.5) is 4.39 Å². The molecule has 1 aromatic rings. The van der Waals surface area contributed by atoms with Crippen LogP contribution in [0.5, 0.6) is 0 Å². The Balaban J connectivity index is 2.45. The van der Waals surface area contributed by atoms with Gasteiger partial charge in [0.25, 0.3) is 0 Å². The fraction of sp³-hybridized carbons (Fsp3) is 0.455. The second-order valence-electron chi connectivity index (χ2n) is 4.22. The Morgan fingerprint density at radius 2 is 2.22 bits per heavy atom. The minimum Gasteiger partial charge on any atom is -0.329 e. The lowest BCUT2D eigenvalue weighted by atomic mass is 10.2. The zero-order valence-electron chi connectivity index (χ0n) is 9.64. The molecule has 0 aliphatic carbocycles. The molecule has 1 aromatic carbocycles. The SMILES string of the molecule is NC[C@H]1CCCN1S(=O)(=O)c1cc(Br)ccc1F. The first kappa shape index (κ1) is 13.9. The van der Waals surface area contributed by atoms with Crippen LogP contribution in [0.25, 0.3) is 0 Å². The molecule has 7 heteroatoms. The third-order valence-corrected chi connectivity index (χ3v) is 5.54. The molecule has 2 rings (SSSR count). The smallest absolute Gasteiger partial charge is 0.246 e. The Hall–Kier alpha value is -0.500.